The summed E-state index contributed by atoms with van der Waals surface area (Å²) in [4.78, 5) is 30.4. The summed E-state index contributed by atoms with van der Waals surface area (Å²) >= 11 is 0. The van der Waals surface area contributed by atoms with Gasteiger partial charge in [-0.15, -0.1) is 0 Å². The Kier molecular flexibility index (Phi) is 7.24. The van der Waals surface area contributed by atoms with Gasteiger partial charge in [-0.1, -0.05) is 6.07 Å². The van der Waals surface area contributed by atoms with Crippen molar-refractivity contribution in [2.45, 2.75) is 9.79 Å². The van der Waals surface area contributed by atoms with Gasteiger partial charge < -0.3 is 20.4 Å². The number of hydrogen-bond donors (Lipinski definition) is 6. The number of phenols is 1. The second kappa shape index (κ2) is 8.87. The number of aromatic carboxylic acids is 3. The maximum atomic E-state index is 10.8. The van der Waals surface area contributed by atoms with Crippen molar-refractivity contribution < 1.29 is 60.8 Å². The first-order valence-electron chi connectivity index (χ1n) is 7.18. The van der Waals surface area contributed by atoms with Crippen LogP contribution in [0.4, 0.5) is 0 Å². The van der Waals surface area contributed by atoms with Gasteiger partial charge in [0, 0.05) is 0 Å². The standard InChI is InChI=1S/C8H6O7S.C7H6O6S/c9-7(10)4-2-1-3-5(16(13,14)15)6(4)8(11)12;8-6-2-1-4(14(11,12)13)3-5(6)7(9)10/h1-3H,(H,9,10)(H,11,12)(H,13,14,15);1-3,8H,(H,9,10)(H,11,12,13). The van der Waals surface area contributed by atoms with Crippen molar-refractivity contribution in [2.75, 3.05) is 0 Å². The average molecular weight is 464 g/mol. The summed E-state index contributed by atoms with van der Waals surface area (Å²) in [6.07, 6.45) is 0. The monoisotopic (exact) mass is 464 g/mol. The van der Waals surface area contributed by atoms with Gasteiger partial charge in [0.2, 0.25) is 0 Å². The summed E-state index contributed by atoms with van der Waals surface area (Å²) in [6.45, 7) is 0. The lowest BCUT2D eigenvalue weighted by molar-refractivity contribution is 0.0648. The van der Waals surface area contributed by atoms with Crippen molar-refractivity contribution in [3.8, 4) is 5.75 Å². The molecule has 0 aliphatic carbocycles. The Morgan fingerprint density at radius 2 is 1.23 bits per heavy atom. The van der Waals surface area contributed by atoms with E-state index >= 15 is 0 Å². The van der Waals surface area contributed by atoms with E-state index in [1.165, 1.54) is 0 Å². The molecule has 0 radical (unpaired) electrons. The average Bonchev–Trinajstić information content (AvgIpc) is 2.59. The lowest BCUT2D eigenvalue weighted by Crippen LogP contribution is -2.14. The molecule has 2 aromatic carbocycles. The molecule has 0 saturated heterocycles. The number of rotatable bonds is 5. The van der Waals surface area contributed by atoms with Gasteiger partial charge in [-0.3, -0.25) is 9.11 Å². The van der Waals surface area contributed by atoms with E-state index in [0.29, 0.717) is 6.07 Å². The van der Waals surface area contributed by atoms with Crippen LogP contribution in [0.25, 0.3) is 0 Å². The third-order valence-electron chi connectivity index (χ3n) is 3.24. The van der Waals surface area contributed by atoms with Gasteiger partial charge in [0.25, 0.3) is 20.2 Å². The molecule has 2 aromatic rings. The fourth-order valence-corrected chi connectivity index (χ4v) is 3.20. The lowest BCUT2D eigenvalue weighted by Gasteiger charge is -2.05. The summed E-state index contributed by atoms with van der Waals surface area (Å²) in [7, 11) is -9.23. The summed E-state index contributed by atoms with van der Waals surface area (Å²) in [5.74, 6) is -5.38. The van der Waals surface area contributed by atoms with Crippen molar-refractivity contribution in [2.24, 2.45) is 0 Å². The Morgan fingerprint density at radius 3 is 1.63 bits per heavy atom. The molecule has 0 bridgehead atoms. The predicted molar refractivity (Wildman–Crippen MR) is 95.1 cm³/mol. The Labute approximate surface area is 168 Å². The van der Waals surface area contributed by atoms with E-state index in [0.717, 1.165) is 30.3 Å². The van der Waals surface area contributed by atoms with Crippen molar-refractivity contribution in [1.82, 2.24) is 0 Å². The van der Waals surface area contributed by atoms with Crippen LogP contribution in [-0.2, 0) is 20.2 Å². The Morgan fingerprint density at radius 1 is 0.700 bits per heavy atom. The van der Waals surface area contributed by atoms with Crippen molar-refractivity contribution >= 4 is 38.1 Å². The van der Waals surface area contributed by atoms with Crippen LogP contribution < -0.4 is 0 Å². The van der Waals surface area contributed by atoms with Gasteiger partial charge in [-0.2, -0.15) is 16.8 Å². The molecule has 162 valence electrons. The van der Waals surface area contributed by atoms with Gasteiger partial charge in [-0.05, 0) is 30.3 Å². The van der Waals surface area contributed by atoms with E-state index in [-0.39, 0.29) is 0 Å². The van der Waals surface area contributed by atoms with E-state index in [2.05, 4.69) is 0 Å². The maximum Gasteiger partial charge on any atom is 0.339 e. The van der Waals surface area contributed by atoms with E-state index in [1.54, 1.807) is 0 Å². The van der Waals surface area contributed by atoms with E-state index in [9.17, 15) is 31.2 Å². The van der Waals surface area contributed by atoms with E-state index < -0.39 is 70.4 Å². The molecular weight excluding hydrogens is 452 g/mol. The second-order valence-corrected chi connectivity index (χ2v) is 8.03. The molecule has 0 aliphatic rings. The van der Waals surface area contributed by atoms with Gasteiger partial charge in [0.1, 0.15) is 16.2 Å². The van der Waals surface area contributed by atoms with Crippen LogP contribution >= 0.6 is 0 Å². The molecule has 0 spiro atoms. The van der Waals surface area contributed by atoms with Crippen LogP contribution in [0.1, 0.15) is 31.1 Å². The highest BCUT2D eigenvalue weighted by molar-refractivity contribution is 7.86. The minimum Gasteiger partial charge on any atom is -0.507 e. The summed E-state index contributed by atoms with van der Waals surface area (Å²) in [6, 6.07) is 5.22. The van der Waals surface area contributed by atoms with Crippen molar-refractivity contribution in [1.29, 1.82) is 0 Å². The normalized spacial score (nSPS) is 11.1. The van der Waals surface area contributed by atoms with Crippen LogP contribution in [0.5, 0.6) is 5.75 Å². The molecule has 6 N–H and O–H groups in total. The molecule has 0 aliphatic heterocycles. The molecule has 13 nitrogen and oxygen atoms in total. The maximum absolute atomic E-state index is 10.8. The first-order valence-corrected chi connectivity index (χ1v) is 10.1. The Balaban J connectivity index is 0.000000303. The molecule has 0 aromatic heterocycles. The molecule has 0 atom stereocenters. The SMILES string of the molecule is O=C(O)c1cc(S(=O)(=O)O)ccc1O.O=C(O)c1cccc(S(=O)(=O)O)c1C(=O)O. The minimum atomic E-state index is -4.78. The highest BCUT2D eigenvalue weighted by Crippen LogP contribution is 2.21. The highest BCUT2D eigenvalue weighted by Gasteiger charge is 2.26. The third kappa shape index (κ3) is 5.98. The molecule has 2 rings (SSSR count). The predicted octanol–water partition coefficient (Wildman–Crippen LogP) is 0.667. The first-order chi connectivity index (χ1) is 13.6. The zero-order chi connectivity index (χ0) is 23.4. The number of carboxylic acids is 3. The summed E-state index contributed by atoms with van der Waals surface area (Å²) in [5, 5.41) is 34.9. The molecule has 0 saturated carbocycles. The molecular formula is C15H12O13S2. The van der Waals surface area contributed by atoms with Crippen LogP contribution in [0.3, 0.4) is 0 Å². The Bertz CT molecular complexity index is 1230. The zero-order valence-electron chi connectivity index (χ0n) is 14.3. The number of carboxylic acid groups (broad SMARTS) is 3. The first kappa shape index (κ1) is 24.5. The molecule has 0 heterocycles. The fourth-order valence-electron chi connectivity index (χ4n) is 1.99. The molecule has 0 amide bonds. The van der Waals surface area contributed by atoms with E-state index in [4.69, 9.17) is 29.5 Å². The van der Waals surface area contributed by atoms with Crippen LogP contribution in [-0.4, -0.2) is 64.3 Å². The van der Waals surface area contributed by atoms with Crippen LogP contribution in [0, 0.1) is 0 Å². The largest absolute Gasteiger partial charge is 0.507 e. The zero-order valence-corrected chi connectivity index (χ0v) is 16.0. The fraction of sp³-hybridized carbons (Fsp3) is 0. The summed E-state index contributed by atoms with van der Waals surface area (Å²) in [5.41, 5.74) is -2.25. The number of hydrogen-bond acceptors (Lipinski definition) is 8. The van der Waals surface area contributed by atoms with Crippen molar-refractivity contribution in [3.63, 3.8) is 0 Å². The topological polar surface area (TPSA) is 241 Å². The smallest absolute Gasteiger partial charge is 0.339 e. The second-order valence-electron chi connectivity index (χ2n) is 5.22. The van der Waals surface area contributed by atoms with Gasteiger partial charge in [0.15, 0.2) is 0 Å². The summed E-state index contributed by atoms with van der Waals surface area (Å²) < 4.78 is 60.2. The molecule has 30 heavy (non-hydrogen) atoms. The molecule has 0 fully saturated rings. The third-order valence-corrected chi connectivity index (χ3v) is 4.99. The van der Waals surface area contributed by atoms with Gasteiger partial charge in [0.05, 0.1) is 16.0 Å². The van der Waals surface area contributed by atoms with E-state index in [1.807, 2.05) is 0 Å². The Hall–Kier alpha value is -3.53. The quantitative estimate of drug-likeness (QED) is 0.334. The molecule has 15 heteroatoms. The van der Waals surface area contributed by atoms with Crippen LogP contribution in [0.2, 0.25) is 0 Å². The lowest BCUT2D eigenvalue weighted by atomic mass is 10.1. The number of carbonyl (C=O) groups is 3. The number of aromatic hydroxyl groups is 1. The highest BCUT2D eigenvalue weighted by atomic mass is 32.2. The molecule has 0 unspecified atom stereocenters. The number of benzene rings is 2. The van der Waals surface area contributed by atoms with Crippen LogP contribution in [0.15, 0.2) is 46.2 Å². The minimum absolute atomic E-state index is 0.565. The van der Waals surface area contributed by atoms with Crippen molar-refractivity contribution in [3.05, 3.63) is 53.1 Å². The van der Waals surface area contributed by atoms with Gasteiger partial charge >= 0.3 is 17.9 Å². The van der Waals surface area contributed by atoms with Gasteiger partial charge in [-0.25, -0.2) is 14.4 Å².